The normalized spacial score (nSPS) is 18.5. The van der Waals surface area contributed by atoms with Gasteiger partial charge in [0, 0.05) is 24.9 Å². The molecule has 0 aliphatic carbocycles. The standard InChI is InChI=1S/C11H12F3NS/c12-11(13,14)9-3-1-2-8(4-9)5-15-6-10(16)7-15/h1-4,10,16H,5-7H2. The third kappa shape index (κ3) is 2.71. The third-order valence-electron chi connectivity index (χ3n) is 2.60. The number of hydrogen-bond acceptors (Lipinski definition) is 2. The fourth-order valence-corrected chi connectivity index (χ4v) is 2.24. The van der Waals surface area contributed by atoms with Gasteiger partial charge in [-0.3, -0.25) is 4.90 Å². The van der Waals surface area contributed by atoms with Crippen molar-refractivity contribution in [1.29, 1.82) is 0 Å². The highest BCUT2D eigenvalue weighted by Crippen LogP contribution is 2.30. The lowest BCUT2D eigenvalue weighted by atomic mass is 10.1. The van der Waals surface area contributed by atoms with Gasteiger partial charge in [0.2, 0.25) is 0 Å². The molecule has 1 saturated heterocycles. The average Bonchev–Trinajstić information content (AvgIpc) is 2.14. The second-order valence-corrected chi connectivity index (χ2v) is 4.78. The van der Waals surface area contributed by atoms with Gasteiger partial charge in [-0.2, -0.15) is 25.8 Å². The van der Waals surface area contributed by atoms with E-state index in [1.54, 1.807) is 6.07 Å². The molecule has 1 fully saturated rings. The molecule has 1 heterocycles. The highest BCUT2D eigenvalue weighted by Gasteiger charge is 2.30. The predicted molar refractivity (Wildman–Crippen MR) is 59.5 cm³/mol. The van der Waals surface area contributed by atoms with Crippen LogP contribution in [0.5, 0.6) is 0 Å². The average molecular weight is 247 g/mol. The summed E-state index contributed by atoms with van der Waals surface area (Å²) in [5.74, 6) is 0. The van der Waals surface area contributed by atoms with E-state index in [0.29, 0.717) is 17.4 Å². The Morgan fingerprint density at radius 1 is 1.31 bits per heavy atom. The van der Waals surface area contributed by atoms with Crippen molar-refractivity contribution in [1.82, 2.24) is 4.90 Å². The smallest absolute Gasteiger partial charge is 0.297 e. The molecule has 0 saturated carbocycles. The van der Waals surface area contributed by atoms with Crippen LogP contribution >= 0.6 is 12.6 Å². The molecule has 1 aliphatic heterocycles. The minimum Gasteiger partial charge on any atom is -0.297 e. The molecule has 1 nitrogen and oxygen atoms in total. The summed E-state index contributed by atoms with van der Waals surface area (Å²) in [6.45, 7) is 2.26. The molecule has 0 bridgehead atoms. The summed E-state index contributed by atoms with van der Waals surface area (Å²) in [6, 6.07) is 5.49. The first kappa shape index (κ1) is 11.8. The van der Waals surface area contributed by atoms with Crippen molar-refractivity contribution in [3.8, 4) is 0 Å². The van der Waals surface area contributed by atoms with Crippen LogP contribution in [0.15, 0.2) is 24.3 Å². The lowest BCUT2D eigenvalue weighted by Crippen LogP contribution is -2.46. The molecule has 2 rings (SSSR count). The van der Waals surface area contributed by atoms with Gasteiger partial charge < -0.3 is 0 Å². The highest BCUT2D eigenvalue weighted by atomic mass is 32.1. The number of likely N-dealkylation sites (tertiary alicyclic amines) is 1. The van der Waals surface area contributed by atoms with Gasteiger partial charge in [-0.1, -0.05) is 18.2 Å². The van der Waals surface area contributed by atoms with E-state index in [-0.39, 0.29) is 0 Å². The van der Waals surface area contributed by atoms with E-state index in [4.69, 9.17) is 0 Å². The topological polar surface area (TPSA) is 3.24 Å². The Labute approximate surface area is 97.7 Å². The minimum absolute atomic E-state index is 0.366. The van der Waals surface area contributed by atoms with E-state index in [0.717, 1.165) is 19.2 Å². The number of benzene rings is 1. The van der Waals surface area contributed by atoms with Crippen LogP contribution in [0.25, 0.3) is 0 Å². The lowest BCUT2D eigenvalue weighted by molar-refractivity contribution is -0.137. The Hall–Kier alpha value is -0.680. The van der Waals surface area contributed by atoms with E-state index < -0.39 is 11.7 Å². The molecule has 1 aromatic carbocycles. The second-order valence-electron chi connectivity index (χ2n) is 4.05. The van der Waals surface area contributed by atoms with Gasteiger partial charge >= 0.3 is 6.18 Å². The molecule has 0 spiro atoms. The Morgan fingerprint density at radius 3 is 2.56 bits per heavy atom. The van der Waals surface area contributed by atoms with Crippen LogP contribution < -0.4 is 0 Å². The second kappa shape index (κ2) is 4.30. The van der Waals surface area contributed by atoms with Crippen molar-refractivity contribution in [2.75, 3.05) is 13.1 Å². The zero-order chi connectivity index (χ0) is 11.8. The third-order valence-corrected chi connectivity index (χ3v) is 2.92. The minimum atomic E-state index is -4.25. The number of halogens is 3. The molecule has 5 heteroatoms. The monoisotopic (exact) mass is 247 g/mol. The summed E-state index contributed by atoms with van der Waals surface area (Å²) in [4.78, 5) is 2.08. The number of rotatable bonds is 2. The molecule has 0 aromatic heterocycles. The molecule has 16 heavy (non-hydrogen) atoms. The fourth-order valence-electron chi connectivity index (χ4n) is 1.78. The first-order valence-corrected chi connectivity index (χ1v) is 5.53. The molecule has 0 unspecified atom stereocenters. The van der Waals surface area contributed by atoms with Crippen LogP contribution in [0.3, 0.4) is 0 Å². The highest BCUT2D eigenvalue weighted by molar-refractivity contribution is 7.81. The Bertz CT molecular complexity index is 372. The zero-order valence-corrected chi connectivity index (χ0v) is 9.43. The van der Waals surface area contributed by atoms with Gasteiger partial charge in [-0.15, -0.1) is 0 Å². The van der Waals surface area contributed by atoms with E-state index in [9.17, 15) is 13.2 Å². The van der Waals surface area contributed by atoms with Crippen LogP contribution in [-0.2, 0) is 12.7 Å². The molecule has 0 radical (unpaired) electrons. The van der Waals surface area contributed by atoms with Gasteiger partial charge in [-0.05, 0) is 11.6 Å². The van der Waals surface area contributed by atoms with Crippen molar-refractivity contribution in [3.63, 3.8) is 0 Å². The molecular formula is C11H12F3NS. The van der Waals surface area contributed by atoms with Gasteiger partial charge in [0.05, 0.1) is 5.56 Å². The molecule has 0 amide bonds. The Morgan fingerprint density at radius 2 is 2.00 bits per heavy atom. The maximum absolute atomic E-state index is 12.4. The SMILES string of the molecule is FC(F)(F)c1cccc(CN2CC(S)C2)c1. The van der Waals surface area contributed by atoms with E-state index in [2.05, 4.69) is 17.5 Å². The molecule has 1 aliphatic rings. The molecule has 0 N–H and O–H groups in total. The van der Waals surface area contributed by atoms with Crippen molar-refractivity contribution in [2.45, 2.75) is 18.0 Å². The Kier molecular flexibility index (Phi) is 3.17. The largest absolute Gasteiger partial charge is 0.416 e. The van der Waals surface area contributed by atoms with Gasteiger partial charge in [0.1, 0.15) is 0 Å². The summed E-state index contributed by atoms with van der Waals surface area (Å²) in [5, 5.41) is 0.366. The first-order valence-electron chi connectivity index (χ1n) is 5.02. The number of alkyl halides is 3. The van der Waals surface area contributed by atoms with Crippen LogP contribution in [-0.4, -0.2) is 23.2 Å². The quantitative estimate of drug-likeness (QED) is 0.786. The van der Waals surface area contributed by atoms with Crippen LogP contribution in [0.1, 0.15) is 11.1 Å². The van der Waals surface area contributed by atoms with E-state index in [1.165, 1.54) is 12.1 Å². The van der Waals surface area contributed by atoms with Crippen LogP contribution in [0.4, 0.5) is 13.2 Å². The summed E-state index contributed by atoms with van der Waals surface area (Å²) in [5.41, 5.74) is 0.128. The molecule has 0 atom stereocenters. The van der Waals surface area contributed by atoms with Gasteiger partial charge in [0.15, 0.2) is 0 Å². The molecule has 88 valence electrons. The number of nitrogens with zero attached hydrogens (tertiary/aromatic N) is 1. The van der Waals surface area contributed by atoms with E-state index >= 15 is 0 Å². The van der Waals surface area contributed by atoms with Gasteiger partial charge in [-0.25, -0.2) is 0 Å². The molecule has 1 aromatic rings. The zero-order valence-electron chi connectivity index (χ0n) is 8.54. The van der Waals surface area contributed by atoms with E-state index in [1.807, 2.05) is 0 Å². The van der Waals surface area contributed by atoms with Gasteiger partial charge in [0.25, 0.3) is 0 Å². The number of thiol groups is 1. The maximum atomic E-state index is 12.4. The van der Waals surface area contributed by atoms with Crippen molar-refractivity contribution < 1.29 is 13.2 Å². The first-order chi connectivity index (χ1) is 7.45. The van der Waals surface area contributed by atoms with Crippen LogP contribution in [0, 0.1) is 0 Å². The summed E-state index contributed by atoms with van der Waals surface area (Å²) < 4.78 is 37.3. The lowest BCUT2D eigenvalue weighted by Gasteiger charge is -2.36. The maximum Gasteiger partial charge on any atom is 0.416 e. The molecular weight excluding hydrogens is 235 g/mol. The predicted octanol–water partition coefficient (Wildman–Crippen LogP) is 2.82. The van der Waals surface area contributed by atoms with Crippen LogP contribution in [0.2, 0.25) is 0 Å². The van der Waals surface area contributed by atoms with Crippen molar-refractivity contribution in [2.24, 2.45) is 0 Å². The summed E-state index contributed by atoms with van der Waals surface area (Å²) in [6.07, 6.45) is -4.25. The fraction of sp³-hybridized carbons (Fsp3) is 0.455. The summed E-state index contributed by atoms with van der Waals surface area (Å²) >= 11 is 4.26. The number of hydrogen-bond donors (Lipinski definition) is 1. The summed E-state index contributed by atoms with van der Waals surface area (Å²) in [7, 11) is 0. The van der Waals surface area contributed by atoms with Crippen molar-refractivity contribution in [3.05, 3.63) is 35.4 Å². The van der Waals surface area contributed by atoms with Crippen molar-refractivity contribution >= 4 is 12.6 Å². The Balaban J connectivity index is 2.05.